The van der Waals surface area contributed by atoms with E-state index in [1.807, 2.05) is 27.7 Å². The van der Waals surface area contributed by atoms with E-state index in [1.165, 1.54) is 24.3 Å². The first-order valence-electron chi connectivity index (χ1n) is 14.1. The lowest BCUT2D eigenvalue weighted by Crippen LogP contribution is -2.57. The Morgan fingerprint density at radius 3 is 1.90 bits per heavy atom. The van der Waals surface area contributed by atoms with Gasteiger partial charge in [0.2, 0.25) is 10.9 Å². The van der Waals surface area contributed by atoms with Gasteiger partial charge in [0.1, 0.15) is 22.7 Å². The van der Waals surface area contributed by atoms with Gasteiger partial charge in [0.15, 0.2) is 11.5 Å². The molecule has 0 unspecified atom stereocenters. The van der Waals surface area contributed by atoms with Crippen molar-refractivity contribution in [2.24, 2.45) is 17.3 Å². The maximum Gasteiger partial charge on any atom is 0.223 e. The maximum atomic E-state index is 12.6. The van der Waals surface area contributed by atoms with Gasteiger partial charge in [-0.2, -0.15) is 0 Å². The van der Waals surface area contributed by atoms with Gasteiger partial charge in [-0.25, -0.2) is 0 Å². The molecule has 40 heavy (non-hydrogen) atoms. The zero-order valence-electron chi connectivity index (χ0n) is 24.2. The van der Waals surface area contributed by atoms with E-state index in [-0.39, 0.29) is 28.7 Å². The predicted octanol–water partition coefficient (Wildman–Crippen LogP) is 4.88. The third-order valence-electron chi connectivity index (χ3n) is 9.56. The number of rotatable bonds is 0. The largest absolute Gasteiger partial charge is 0.504 e. The fraction of sp³-hybridized carbons (Fsp3) is 0.515. The summed E-state index contributed by atoms with van der Waals surface area (Å²) in [7, 11) is 0. The first kappa shape index (κ1) is 28.2. The van der Waals surface area contributed by atoms with E-state index in [0.717, 1.165) is 28.7 Å². The van der Waals surface area contributed by atoms with E-state index < -0.39 is 28.2 Å². The van der Waals surface area contributed by atoms with Crippen molar-refractivity contribution in [2.75, 3.05) is 0 Å². The van der Waals surface area contributed by atoms with Crippen LogP contribution in [0.25, 0.3) is 0 Å². The van der Waals surface area contributed by atoms with Gasteiger partial charge in [-0.05, 0) is 93.2 Å². The summed E-state index contributed by atoms with van der Waals surface area (Å²) in [5.74, 6) is 0.0238. The van der Waals surface area contributed by atoms with E-state index >= 15 is 0 Å². The number of allylic oxidation sites excluding steroid dienone is 1. The van der Waals surface area contributed by atoms with Gasteiger partial charge in [0.05, 0.1) is 6.10 Å². The highest BCUT2D eigenvalue weighted by Gasteiger charge is 2.51. The molecule has 0 saturated carbocycles. The van der Waals surface area contributed by atoms with E-state index in [0.29, 0.717) is 37.2 Å². The molecule has 5 rings (SSSR count). The van der Waals surface area contributed by atoms with Crippen LogP contribution in [0.15, 0.2) is 46.0 Å². The van der Waals surface area contributed by atoms with Crippen LogP contribution in [0.5, 0.6) is 23.0 Å². The van der Waals surface area contributed by atoms with Crippen LogP contribution in [0.1, 0.15) is 69.2 Å². The number of hydrogen-bond acceptors (Lipinski definition) is 7. The molecule has 2 heterocycles. The molecule has 7 nitrogen and oxygen atoms in total. The maximum absolute atomic E-state index is 12.6. The highest BCUT2D eigenvalue weighted by atomic mass is 16.5. The lowest BCUT2D eigenvalue weighted by molar-refractivity contribution is -0.117. The molecule has 3 N–H and O–H groups in total. The van der Waals surface area contributed by atoms with Crippen molar-refractivity contribution in [3.8, 4) is 23.0 Å². The number of aliphatic hydroxyl groups is 1. The normalized spacial score (nSPS) is 31.5. The van der Waals surface area contributed by atoms with E-state index in [4.69, 9.17) is 9.47 Å². The summed E-state index contributed by atoms with van der Waals surface area (Å²) in [5, 5.41) is 32.4. The van der Waals surface area contributed by atoms with Gasteiger partial charge in [-0.3, -0.25) is 9.59 Å². The van der Waals surface area contributed by atoms with Crippen LogP contribution in [0, 0.1) is 31.1 Å². The molecule has 0 bridgehead atoms. The Balaban J connectivity index is 1.63. The Hall–Kier alpha value is -3.32. The SMILES string of the molecule is Cc1cc(O)c(=O)cc2c1C[C@H]1CC(C)(C)/C=C\C[C@]3(C)Oc4cc(=O)c(O)cc(C)c4C[C@H]3C[C@H](O)[C@@]1(C)O2. The monoisotopic (exact) mass is 548 g/mol. The number of fused-ring (bicyclic) bond motifs is 4. The van der Waals surface area contributed by atoms with Gasteiger partial charge in [0, 0.05) is 30.4 Å². The first-order chi connectivity index (χ1) is 18.6. The summed E-state index contributed by atoms with van der Waals surface area (Å²) >= 11 is 0. The van der Waals surface area contributed by atoms with Gasteiger partial charge >= 0.3 is 0 Å². The van der Waals surface area contributed by atoms with Gasteiger partial charge in [-0.1, -0.05) is 26.0 Å². The molecule has 0 aromatic heterocycles. The van der Waals surface area contributed by atoms with Crippen LogP contribution in [0.3, 0.4) is 0 Å². The molecule has 1 aliphatic carbocycles. The molecule has 0 fully saturated rings. The standard InChI is InChI=1S/C33H40O7/c1-18-10-24(34)26(36)15-28-22(18)12-20-14-30(38)33(6)21(17-31(3,4)8-7-9-32(20,5)39-28)13-23-19(2)11-25(35)27(37)16-29(23)40-33/h7-8,10-11,15-16,20-21,30,38H,9,12-14,17H2,1-6H3,(H,34,36)(H,35,37)/b8-7-/t20-,21-,30-,32-,33-/m0/s1. The van der Waals surface area contributed by atoms with E-state index in [1.54, 1.807) is 0 Å². The molecule has 0 saturated heterocycles. The fourth-order valence-electron chi connectivity index (χ4n) is 6.92. The van der Waals surface area contributed by atoms with Crippen LogP contribution in [0.4, 0.5) is 0 Å². The van der Waals surface area contributed by atoms with Gasteiger partial charge in [0.25, 0.3) is 0 Å². The smallest absolute Gasteiger partial charge is 0.223 e. The van der Waals surface area contributed by atoms with Crippen LogP contribution < -0.4 is 20.3 Å². The number of hydrogen-bond donors (Lipinski definition) is 3. The van der Waals surface area contributed by atoms with Crippen molar-refractivity contribution in [1.29, 1.82) is 0 Å². The number of aliphatic hydroxyl groups excluding tert-OH is 1. The Kier molecular flexibility index (Phi) is 6.81. The molecule has 3 aliphatic rings. The fourth-order valence-corrected chi connectivity index (χ4v) is 6.92. The van der Waals surface area contributed by atoms with E-state index in [2.05, 4.69) is 26.0 Å². The molecular formula is C33H40O7. The summed E-state index contributed by atoms with van der Waals surface area (Å²) in [5.41, 5.74) is 0.287. The zero-order valence-corrected chi connectivity index (χ0v) is 24.2. The lowest BCUT2D eigenvalue weighted by Gasteiger charge is -2.49. The van der Waals surface area contributed by atoms with E-state index in [9.17, 15) is 24.9 Å². The van der Waals surface area contributed by atoms with Crippen molar-refractivity contribution in [2.45, 2.75) is 91.0 Å². The summed E-state index contributed by atoms with van der Waals surface area (Å²) in [6.07, 6.45) is 6.29. The second kappa shape index (κ2) is 9.65. The molecule has 214 valence electrons. The molecule has 0 radical (unpaired) electrons. The number of aryl methyl sites for hydroxylation is 2. The third kappa shape index (κ3) is 4.89. The minimum absolute atomic E-state index is 0.0753. The molecule has 0 amide bonds. The van der Waals surface area contributed by atoms with Crippen molar-refractivity contribution in [3.63, 3.8) is 0 Å². The summed E-state index contributed by atoms with van der Waals surface area (Å²) in [6, 6.07) is 5.68. The molecule has 5 atom stereocenters. The van der Waals surface area contributed by atoms with Crippen LogP contribution in [0.2, 0.25) is 0 Å². The summed E-state index contributed by atoms with van der Waals surface area (Å²) in [4.78, 5) is 25.0. The quantitative estimate of drug-likeness (QED) is 0.402. The van der Waals surface area contributed by atoms with Crippen molar-refractivity contribution >= 4 is 0 Å². The van der Waals surface area contributed by atoms with Crippen molar-refractivity contribution in [3.05, 3.63) is 79.1 Å². The Morgan fingerprint density at radius 2 is 1.32 bits per heavy atom. The molecule has 2 aromatic carbocycles. The molecule has 0 spiro atoms. The second-order valence-electron chi connectivity index (χ2n) is 13.2. The highest BCUT2D eigenvalue weighted by molar-refractivity contribution is 5.46. The second-order valence-corrected chi connectivity index (χ2v) is 13.2. The first-order valence-corrected chi connectivity index (χ1v) is 14.1. The van der Waals surface area contributed by atoms with Gasteiger partial charge < -0.3 is 24.8 Å². The average molecular weight is 549 g/mol. The average Bonchev–Trinajstić information content (AvgIpc) is 3.01. The van der Waals surface area contributed by atoms with Crippen molar-refractivity contribution < 1.29 is 24.8 Å². The third-order valence-corrected chi connectivity index (χ3v) is 9.56. The lowest BCUT2D eigenvalue weighted by atomic mass is 9.67. The molecule has 2 aliphatic heterocycles. The predicted molar refractivity (Wildman–Crippen MR) is 153 cm³/mol. The Bertz CT molecular complexity index is 1510. The highest BCUT2D eigenvalue weighted by Crippen LogP contribution is 2.49. The Morgan fingerprint density at radius 1 is 0.800 bits per heavy atom. The topological polar surface area (TPSA) is 113 Å². The van der Waals surface area contributed by atoms with Gasteiger partial charge in [-0.15, -0.1) is 0 Å². The summed E-state index contributed by atoms with van der Waals surface area (Å²) < 4.78 is 13.2. The minimum Gasteiger partial charge on any atom is -0.504 e. The molecule has 2 aromatic rings. The van der Waals surface area contributed by atoms with Crippen LogP contribution in [-0.4, -0.2) is 32.6 Å². The Labute approximate surface area is 235 Å². The molecule has 7 heteroatoms. The number of aromatic hydroxyl groups is 2. The van der Waals surface area contributed by atoms with Crippen LogP contribution in [-0.2, 0) is 12.8 Å². The zero-order chi connectivity index (χ0) is 29.2. The molecular weight excluding hydrogens is 508 g/mol. The van der Waals surface area contributed by atoms with Crippen molar-refractivity contribution in [1.82, 2.24) is 0 Å². The summed E-state index contributed by atoms with van der Waals surface area (Å²) in [6.45, 7) is 12.0. The van der Waals surface area contributed by atoms with Crippen LogP contribution >= 0.6 is 0 Å². The minimum atomic E-state index is -1.01. The number of ether oxygens (including phenoxy) is 2.